The molecule has 0 spiro atoms. The van der Waals surface area contributed by atoms with Crippen LogP contribution in [0.4, 0.5) is 0 Å². The third kappa shape index (κ3) is 2.49. The number of carboxylic acid groups (broad SMARTS) is 1. The molecular weight excluding hydrogens is 258 g/mol. The number of carbonyl (C=O) groups is 3. The van der Waals surface area contributed by atoms with Gasteiger partial charge in [-0.1, -0.05) is 25.5 Å². The molecular formula is C15H21NO4. The summed E-state index contributed by atoms with van der Waals surface area (Å²) in [5.41, 5.74) is 1.10. The lowest BCUT2D eigenvalue weighted by Gasteiger charge is -2.24. The van der Waals surface area contributed by atoms with Gasteiger partial charge in [0.15, 0.2) is 0 Å². The monoisotopic (exact) mass is 279 g/mol. The maximum Gasteiger partial charge on any atom is 0.326 e. The zero-order chi connectivity index (χ0) is 15.0. The Bertz CT molecular complexity index is 480. The molecule has 2 rings (SSSR count). The van der Waals surface area contributed by atoms with Crippen molar-refractivity contribution in [2.75, 3.05) is 0 Å². The number of rotatable bonds is 4. The van der Waals surface area contributed by atoms with Crippen LogP contribution in [-0.2, 0) is 14.4 Å². The van der Waals surface area contributed by atoms with E-state index in [-0.39, 0.29) is 29.6 Å². The Kier molecular flexibility index (Phi) is 3.97. The molecule has 20 heavy (non-hydrogen) atoms. The molecule has 0 aromatic carbocycles. The number of carboxylic acids is 1. The first kappa shape index (κ1) is 14.8. The van der Waals surface area contributed by atoms with E-state index in [4.69, 9.17) is 0 Å². The Balaban J connectivity index is 2.27. The van der Waals surface area contributed by atoms with E-state index in [2.05, 4.69) is 0 Å². The number of allylic oxidation sites excluding steroid dienone is 2. The predicted molar refractivity (Wildman–Crippen MR) is 72.7 cm³/mol. The van der Waals surface area contributed by atoms with Gasteiger partial charge in [0.2, 0.25) is 11.8 Å². The quantitative estimate of drug-likeness (QED) is 0.629. The molecule has 0 unspecified atom stereocenters. The Morgan fingerprint density at radius 1 is 1.35 bits per heavy atom. The van der Waals surface area contributed by atoms with Crippen LogP contribution in [0.2, 0.25) is 0 Å². The Morgan fingerprint density at radius 3 is 2.50 bits per heavy atom. The largest absolute Gasteiger partial charge is 0.480 e. The van der Waals surface area contributed by atoms with Gasteiger partial charge in [0.1, 0.15) is 6.04 Å². The van der Waals surface area contributed by atoms with Crippen LogP contribution in [0, 0.1) is 17.8 Å². The van der Waals surface area contributed by atoms with E-state index >= 15 is 0 Å². The van der Waals surface area contributed by atoms with Gasteiger partial charge in [0.25, 0.3) is 0 Å². The number of carbonyl (C=O) groups excluding carboxylic acids is 2. The molecule has 0 aromatic rings. The average molecular weight is 279 g/mol. The maximum absolute atomic E-state index is 12.4. The van der Waals surface area contributed by atoms with Gasteiger partial charge >= 0.3 is 5.97 Å². The van der Waals surface area contributed by atoms with Gasteiger partial charge in [-0.3, -0.25) is 14.5 Å². The molecule has 1 saturated heterocycles. The summed E-state index contributed by atoms with van der Waals surface area (Å²) >= 11 is 0. The lowest BCUT2D eigenvalue weighted by molar-refractivity contribution is -0.155. The van der Waals surface area contributed by atoms with E-state index in [1.54, 1.807) is 0 Å². The lowest BCUT2D eigenvalue weighted by atomic mass is 9.82. The van der Waals surface area contributed by atoms with Crippen molar-refractivity contribution in [3.8, 4) is 0 Å². The fourth-order valence-electron chi connectivity index (χ4n) is 3.13. The number of fused-ring (bicyclic) bond motifs is 1. The molecule has 5 nitrogen and oxygen atoms in total. The summed E-state index contributed by atoms with van der Waals surface area (Å²) in [6.07, 6.45) is 3.40. The van der Waals surface area contributed by atoms with Crippen molar-refractivity contribution in [1.82, 2.24) is 4.90 Å². The van der Waals surface area contributed by atoms with Gasteiger partial charge in [-0.15, -0.1) is 0 Å². The van der Waals surface area contributed by atoms with E-state index in [9.17, 15) is 19.5 Å². The molecule has 2 aliphatic rings. The molecule has 3 atom stereocenters. The summed E-state index contributed by atoms with van der Waals surface area (Å²) in [5.74, 6) is -2.32. The molecule has 2 amide bonds. The summed E-state index contributed by atoms with van der Waals surface area (Å²) in [5, 5.41) is 9.34. The first-order valence-corrected chi connectivity index (χ1v) is 7.08. The second kappa shape index (κ2) is 5.38. The van der Waals surface area contributed by atoms with Gasteiger partial charge in [0, 0.05) is 0 Å². The highest BCUT2D eigenvalue weighted by atomic mass is 16.4. The molecule has 1 aliphatic carbocycles. The third-order valence-electron chi connectivity index (χ3n) is 4.15. The summed E-state index contributed by atoms with van der Waals surface area (Å²) in [7, 11) is 0. The van der Waals surface area contributed by atoms with Crippen LogP contribution in [0.25, 0.3) is 0 Å². The highest BCUT2D eigenvalue weighted by Gasteiger charge is 2.51. The van der Waals surface area contributed by atoms with Crippen LogP contribution in [0.3, 0.4) is 0 Å². The number of aliphatic carboxylic acids is 1. The van der Waals surface area contributed by atoms with E-state index in [1.807, 2.05) is 26.8 Å². The molecule has 1 heterocycles. The molecule has 1 fully saturated rings. The molecule has 1 aliphatic heterocycles. The smallest absolute Gasteiger partial charge is 0.326 e. The molecule has 0 radical (unpaired) electrons. The van der Waals surface area contributed by atoms with Crippen molar-refractivity contribution in [2.24, 2.45) is 17.8 Å². The number of imide groups is 1. The van der Waals surface area contributed by atoms with Crippen LogP contribution >= 0.6 is 0 Å². The SMILES string of the molecule is CC1=CC[C@@H]2C(=O)N([C@@H](CC(C)C)C(=O)O)C(=O)[C@H]2C1. The van der Waals surface area contributed by atoms with Crippen molar-refractivity contribution in [1.29, 1.82) is 0 Å². The minimum atomic E-state index is -1.09. The summed E-state index contributed by atoms with van der Waals surface area (Å²) < 4.78 is 0. The topological polar surface area (TPSA) is 74.7 Å². The van der Waals surface area contributed by atoms with Crippen LogP contribution in [0.15, 0.2) is 11.6 Å². The number of likely N-dealkylation sites (tertiary alicyclic amines) is 1. The van der Waals surface area contributed by atoms with Crippen molar-refractivity contribution in [3.63, 3.8) is 0 Å². The first-order chi connectivity index (χ1) is 9.32. The van der Waals surface area contributed by atoms with E-state index < -0.39 is 12.0 Å². The predicted octanol–water partition coefficient (Wildman–Crippen LogP) is 1.83. The minimum Gasteiger partial charge on any atom is -0.480 e. The zero-order valence-corrected chi connectivity index (χ0v) is 12.1. The molecule has 110 valence electrons. The second-order valence-electron chi connectivity index (χ2n) is 6.23. The maximum atomic E-state index is 12.4. The fourth-order valence-corrected chi connectivity index (χ4v) is 3.13. The van der Waals surface area contributed by atoms with Crippen LogP contribution in [0.5, 0.6) is 0 Å². The van der Waals surface area contributed by atoms with E-state index in [1.165, 1.54) is 0 Å². The summed E-state index contributed by atoms with van der Waals surface area (Å²) in [6, 6.07) is -1.03. The first-order valence-electron chi connectivity index (χ1n) is 7.08. The summed E-state index contributed by atoms with van der Waals surface area (Å²) in [6.45, 7) is 5.72. The van der Waals surface area contributed by atoms with Gasteiger partial charge < -0.3 is 5.11 Å². The molecule has 5 heteroatoms. The Hall–Kier alpha value is -1.65. The lowest BCUT2D eigenvalue weighted by Crippen LogP contribution is -2.46. The van der Waals surface area contributed by atoms with Gasteiger partial charge in [-0.25, -0.2) is 4.79 Å². The highest BCUT2D eigenvalue weighted by Crippen LogP contribution is 2.39. The third-order valence-corrected chi connectivity index (χ3v) is 4.15. The highest BCUT2D eigenvalue weighted by molar-refractivity contribution is 6.08. The second-order valence-corrected chi connectivity index (χ2v) is 6.23. The zero-order valence-electron chi connectivity index (χ0n) is 12.1. The fraction of sp³-hybridized carbons (Fsp3) is 0.667. The average Bonchev–Trinajstić information content (AvgIpc) is 2.58. The normalized spacial score (nSPS) is 27.6. The van der Waals surface area contributed by atoms with Gasteiger partial charge in [0.05, 0.1) is 11.8 Å². The van der Waals surface area contributed by atoms with Crippen LogP contribution < -0.4 is 0 Å². The minimum absolute atomic E-state index is 0.110. The number of amides is 2. The Labute approximate surface area is 118 Å². The van der Waals surface area contributed by atoms with Crippen molar-refractivity contribution in [2.45, 2.75) is 46.1 Å². The molecule has 0 aromatic heterocycles. The Morgan fingerprint density at radius 2 is 1.95 bits per heavy atom. The molecule has 0 saturated carbocycles. The van der Waals surface area contributed by atoms with E-state index in [0.29, 0.717) is 19.3 Å². The van der Waals surface area contributed by atoms with Crippen molar-refractivity contribution < 1.29 is 19.5 Å². The summed E-state index contributed by atoms with van der Waals surface area (Å²) in [4.78, 5) is 37.3. The van der Waals surface area contributed by atoms with Gasteiger partial charge in [-0.2, -0.15) is 0 Å². The number of hydrogen-bond donors (Lipinski definition) is 1. The van der Waals surface area contributed by atoms with Crippen LogP contribution in [-0.4, -0.2) is 33.8 Å². The number of hydrogen-bond acceptors (Lipinski definition) is 3. The standard InChI is InChI=1S/C15H21NO4/c1-8(2)6-12(15(19)20)16-13(17)10-5-4-9(3)7-11(10)14(16)18/h4,8,10-12H,5-7H2,1-3H3,(H,19,20)/t10-,11-,12-/m0/s1. The van der Waals surface area contributed by atoms with Crippen LogP contribution in [0.1, 0.15) is 40.0 Å². The van der Waals surface area contributed by atoms with E-state index in [0.717, 1.165) is 10.5 Å². The van der Waals surface area contributed by atoms with Crippen molar-refractivity contribution >= 4 is 17.8 Å². The molecule has 0 bridgehead atoms. The van der Waals surface area contributed by atoms with Crippen molar-refractivity contribution in [3.05, 3.63) is 11.6 Å². The number of nitrogens with zero attached hydrogens (tertiary/aromatic N) is 1. The van der Waals surface area contributed by atoms with Gasteiger partial charge in [-0.05, 0) is 32.1 Å². The molecule has 1 N–H and O–H groups in total.